The van der Waals surface area contributed by atoms with Crippen LogP contribution in [0.5, 0.6) is 0 Å². The zero-order valence-corrected chi connectivity index (χ0v) is 32.2. The number of rotatable bonds is 36. The molecule has 0 rings (SSSR count). The van der Waals surface area contributed by atoms with E-state index in [4.69, 9.17) is 14.8 Å². The Morgan fingerprint density at radius 3 is 1.69 bits per heavy atom. The Balaban J connectivity index is 4.46. The first-order valence-electron chi connectivity index (χ1n) is 19.7. The van der Waals surface area contributed by atoms with Gasteiger partial charge in [0.2, 0.25) is 5.91 Å². The van der Waals surface area contributed by atoms with Crippen LogP contribution in [0.25, 0.3) is 0 Å². The summed E-state index contributed by atoms with van der Waals surface area (Å²) in [5.74, 6) is -0.461. The van der Waals surface area contributed by atoms with Gasteiger partial charge in [0.15, 0.2) is 0 Å². The summed E-state index contributed by atoms with van der Waals surface area (Å²) in [5.41, 5.74) is 5.34. The average Bonchev–Trinajstić information content (AvgIpc) is 3.07. The average molecular weight is 715 g/mol. The first-order valence-corrected chi connectivity index (χ1v) is 21.2. The lowest BCUT2D eigenvalue weighted by Gasteiger charge is -2.24. The number of unbranched alkanes of at least 4 members (excludes halogenated alkanes) is 18. The number of aliphatic hydroxyl groups excluding tert-OH is 2. The van der Waals surface area contributed by atoms with E-state index in [1.807, 2.05) is 6.08 Å². The molecule has 0 aromatic rings. The molecule has 0 heterocycles. The summed E-state index contributed by atoms with van der Waals surface area (Å²) >= 11 is 0. The summed E-state index contributed by atoms with van der Waals surface area (Å²) in [5, 5.41) is 23.9. The summed E-state index contributed by atoms with van der Waals surface area (Å²) < 4.78 is 22.0. The molecule has 0 aliphatic carbocycles. The fourth-order valence-corrected chi connectivity index (χ4v) is 6.26. The third-order valence-electron chi connectivity index (χ3n) is 8.50. The van der Waals surface area contributed by atoms with Crippen LogP contribution in [0.3, 0.4) is 0 Å². The smallest absolute Gasteiger partial charge is 0.393 e. The Morgan fingerprint density at radius 1 is 0.694 bits per heavy atom. The van der Waals surface area contributed by atoms with E-state index in [0.29, 0.717) is 12.8 Å². The molecular weight excluding hydrogens is 639 g/mol. The van der Waals surface area contributed by atoms with Crippen LogP contribution in [0.4, 0.5) is 0 Å². The van der Waals surface area contributed by atoms with Gasteiger partial charge in [-0.1, -0.05) is 153 Å². The molecule has 0 aliphatic rings. The lowest BCUT2D eigenvalue weighted by Crippen LogP contribution is -2.46. The third-order valence-corrected chi connectivity index (χ3v) is 9.49. The number of hydrogen-bond donors (Lipinski definition) is 5. The van der Waals surface area contributed by atoms with Gasteiger partial charge in [-0.25, -0.2) is 4.57 Å². The van der Waals surface area contributed by atoms with Gasteiger partial charge in [-0.2, -0.15) is 0 Å². The quantitative estimate of drug-likeness (QED) is 0.0245. The Bertz CT molecular complexity index is 883. The molecule has 49 heavy (non-hydrogen) atoms. The van der Waals surface area contributed by atoms with Crippen LogP contribution in [0, 0.1) is 0 Å². The molecule has 0 radical (unpaired) electrons. The van der Waals surface area contributed by atoms with Crippen molar-refractivity contribution in [2.75, 3.05) is 19.8 Å². The fraction of sp³-hybridized carbons (Fsp3) is 0.821. The van der Waals surface area contributed by atoms with Crippen molar-refractivity contribution in [2.45, 2.75) is 186 Å². The molecule has 4 unspecified atom stereocenters. The number of phosphoric acid groups is 1. The Labute approximate surface area is 300 Å². The maximum absolute atomic E-state index is 12.7. The minimum atomic E-state index is -4.40. The SMILES string of the molecule is CCCCC/C=C/CC/C=C/CC/C=C/C(O)C(COP(=O)(O)OCCN)NC(=O)CC(O)CCCCCCCCCCCCCCCC. The number of aliphatic hydroxyl groups is 2. The van der Waals surface area contributed by atoms with Crippen molar-refractivity contribution in [3.63, 3.8) is 0 Å². The summed E-state index contributed by atoms with van der Waals surface area (Å²) in [6.45, 7) is 3.89. The van der Waals surface area contributed by atoms with Crippen LogP contribution < -0.4 is 11.1 Å². The van der Waals surface area contributed by atoms with E-state index in [-0.39, 0.29) is 19.6 Å². The number of allylic oxidation sites excluding steroid dienone is 5. The minimum absolute atomic E-state index is 0.0425. The van der Waals surface area contributed by atoms with Crippen molar-refractivity contribution in [2.24, 2.45) is 5.73 Å². The van der Waals surface area contributed by atoms with Gasteiger partial charge in [0.25, 0.3) is 0 Å². The predicted octanol–water partition coefficient (Wildman–Crippen LogP) is 9.36. The lowest BCUT2D eigenvalue weighted by atomic mass is 10.0. The zero-order chi connectivity index (χ0) is 36.3. The van der Waals surface area contributed by atoms with E-state index in [1.165, 1.54) is 89.9 Å². The summed E-state index contributed by atoms with van der Waals surface area (Å²) in [6, 6.07) is -1.00. The molecule has 0 saturated heterocycles. The first kappa shape index (κ1) is 47.7. The molecule has 0 fully saturated rings. The fourth-order valence-electron chi connectivity index (χ4n) is 5.50. The van der Waals surface area contributed by atoms with Crippen LogP contribution >= 0.6 is 7.82 Å². The molecular formula is C39H75N2O7P. The van der Waals surface area contributed by atoms with E-state index in [2.05, 4.69) is 43.5 Å². The van der Waals surface area contributed by atoms with Crippen molar-refractivity contribution in [3.05, 3.63) is 36.5 Å². The van der Waals surface area contributed by atoms with Gasteiger partial charge < -0.3 is 26.2 Å². The normalized spacial score (nSPS) is 15.3. The van der Waals surface area contributed by atoms with Crippen LogP contribution in [-0.4, -0.2) is 59.0 Å². The first-order chi connectivity index (χ1) is 23.8. The number of nitrogens with two attached hydrogens (primary N) is 1. The number of nitrogens with one attached hydrogen (secondary N) is 1. The lowest BCUT2D eigenvalue weighted by molar-refractivity contribution is -0.124. The van der Waals surface area contributed by atoms with Crippen LogP contribution in [0.1, 0.15) is 168 Å². The van der Waals surface area contributed by atoms with Gasteiger partial charge >= 0.3 is 7.82 Å². The van der Waals surface area contributed by atoms with Crippen molar-refractivity contribution in [1.82, 2.24) is 5.32 Å². The summed E-state index contributed by atoms with van der Waals surface area (Å²) in [7, 11) is -4.40. The van der Waals surface area contributed by atoms with Crippen molar-refractivity contribution in [3.8, 4) is 0 Å². The monoisotopic (exact) mass is 715 g/mol. The maximum Gasteiger partial charge on any atom is 0.472 e. The van der Waals surface area contributed by atoms with Crippen LogP contribution in [0.15, 0.2) is 36.5 Å². The van der Waals surface area contributed by atoms with Gasteiger partial charge in [-0.15, -0.1) is 0 Å². The number of hydrogen-bond acceptors (Lipinski definition) is 7. The van der Waals surface area contributed by atoms with Gasteiger partial charge in [0.1, 0.15) is 0 Å². The molecule has 9 nitrogen and oxygen atoms in total. The predicted molar refractivity (Wildman–Crippen MR) is 204 cm³/mol. The van der Waals surface area contributed by atoms with Gasteiger partial charge in [0, 0.05) is 6.54 Å². The highest BCUT2D eigenvalue weighted by molar-refractivity contribution is 7.47. The Hall–Kier alpha value is -1.32. The van der Waals surface area contributed by atoms with E-state index in [1.54, 1.807) is 6.08 Å². The van der Waals surface area contributed by atoms with E-state index in [9.17, 15) is 24.5 Å². The Morgan fingerprint density at radius 2 is 1.16 bits per heavy atom. The minimum Gasteiger partial charge on any atom is -0.393 e. The standard InChI is InChI=1S/C39H75N2O7P/c1-3-5-7-9-11-13-15-17-19-20-22-24-26-28-30-36(42)34-39(44)41-37(35-48-49(45,46)47-33-32-40)38(43)31-29-27-25-23-21-18-16-14-12-10-8-6-4-2/h12,14,21,23,29,31,36-38,42-43H,3-11,13,15-20,22,24-28,30,32-35,40H2,1-2H3,(H,41,44)(H,45,46)/b14-12+,23-21+,31-29+. The number of amides is 1. The van der Waals surface area contributed by atoms with E-state index in [0.717, 1.165) is 44.9 Å². The van der Waals surface area contributed by atoms with Crippen molar-refractivity contribution < 1.29 is 33.5 Å². The highest BCUT2D eigenvalue weighted by Crippen LogP contribution is 2.43. The second-order valence-electron chi connectivity index (χ2n) is 13.3. The molecule has 1 amide bonds. The zero-order valence-electron chi connectivity index (χ0n) is 31.3. The summed E-state index contributed by atoms with van der Waals surface area (Å²) in [6.07, 6.45) is 36.6. The summed E-state index contributed by atoms with van der Waals surface area (Å²) in [4.78, 5) is 22.6. The molecule has 0 saturated carbocycles. The van der Waals surface area contributed by atoms with E-state index >= 15 is 0 Å². The molecule has 6 N–H and O–H groups in total. The van der Waals surface area contributed by atoms with E-state index < -0.39 is 38.6 Å². The van der Waals surface area contributed by atoms with Gasteiger partial charge in [0.05, 0.1) is 37.9 Å². The highest BCUT2D eigenvalue weighted by atomic mass is 31.2. The maximum atomic E-state index is 12.7. The molecule has 0 aromatic carbocycles. The molecule has 4 atom stereocenters. The van der Waals surface area contributed by atoms with Crippen LogP contribution in [-0.2, 0) is 18.4 Å². The second-order valence-corrected chi connectivity index (χ2v) is 14.8. The van der Waals surface area contributed by atoms with Crippen LogP contribution in [0.2, 0.25) is 0 Å². The van der Waals surface area contributed by atoms with Crippen molar-refractivity contribution in [1.29, 1.82) is 0 Å². The Kier molecular flexibility index (Phi) is 34.2. The van der Waals surface area contributed by atoms with Crippen molar-refractivity contribution >= 4 is 13.7 Å². The van der Waals surface area contributed by atoms with Gasteiger partial charge in [-0.05, 0) is 44.9 Å². The number of carbonyl (C=O) groups is 1. The molecule has 0 aromatic heterocycles. The molecule has 288 valence electrons. The van der Waals surface area contributed by atoms with Gasteiger partial charge in [-0.3, -0.25) is 13.8 Å². The number of carbonyl (C=O) groups excluding carboxylic acids is 1. The molecule has 10 heteroatoms. The second kappa shape index (κ2) is 35.1. The molecule has 0 spiro atoms. The topological polar surface area (TPSA) is 151 Å². The molecule has 0 bridgehead atoms. The largest absolute Gasteiger partial charge is 0.472 e. The highest BCUT2D eigenvalue weighted by Gasteiger charge is 2.27. The third kappa shape index (κ3) is 33.6. The molecule has 0 aliphatic heterocycles. The number of phosphoric ester groups is 1.